The highest BCUT2D eigenvalue weighted by Gasteiger charge is 2.26. The number of halogens is 1. The normalized spacial score (nSPS) is 20.6. The molecule has 1 aliphatic heterocycles. The second-order valence-corrected chi connectivity index (χ2v) is 11.3. The van der Waals surface area contributed by atoms with Crippen LogP contribution in [0.3, 0.4) is 0 Å². The molecule has 1 saturated heterocycles. The molecule has 0 aliphatic carbocycles. The first-order valence-corrected chi connectivity index (χ1v) is 12.4. The van der Waals surface area contributed by atoms with Gasteiger partial charge in [-0.2, -0.15) is 11.8 Å². The van der Waals surface area contributed by atoms with Gasteiger partial charge < -0.3 is 0 Å². The zero-order valence-corrected chi connectivity index (χ0v) is 18.0. The summed E-state index contributed by atoms with van der Waals surface area (Å²) in [6, 6.07) is 8.70. The fourth-order valence-corrected chi connectivity index (χ4v) is 7.90. The van der Waals surface area contributed by atoms with Crippen LogP contribution in [0, 0.1) is 0 Å². The molecule has 1 aliphatic rings. The van der Waals surface area contributed by atoms with Crippen molar-refractivity contribution in [2.45, 2.75) is 23.2 Å². The zero-order chi connectivity index (χ0) is 16.7. The number of hydrogen-bond donors (Lipinski definition) is 0. The number of rotatable bonds is 8. The lowest BCUT2D eigenvalue weighted by molar-refractivity contribution is -0.107. The van der Waals surface area contributed by atoms with E-state index in [2.05, 4.69) is 70.3 Å². The van der Waals surface area contributed by atoms with Gasteiger partial charge in [-0.15, -0.1) is 23.5 Å². The minimum absolute atomic E-state index is 0.134. The van der Waals surface area contributed by atoms with E-state index in [0.717, 1.165) is 27.6 Å². The van der Waals surface area contributed by atoms with Crippen LogP contribution in [0.4, 0.5) is 0 Å². The molecule has 2 unspecified atom stereocenters. The van der Waals surface area contributed by atoms with Crippen molar-refractivity contribution in [3.8, 4) is 0 Å². The summed E-state index contributed by atoms with van der Waals surface area (Å²) in [6.07, 6.45) is 1.09. The summed E-state index contributed by atoms with van der Waals surface area (Å²) in [5.41, 5.74) is 2.08. The summed E-state index contributed by atoms with van der Waals surface area (Å²) in [4.78, 5) is 11.4. The summed E-state index contributed by atoms with van der Waals surface area (Å²) < 4.78 is 1.72. The van der Waals surface area contributed by atoms with Crippen LogP contribution < -0.4 is 0 Å². The van der Waals surface area contributed by atoms with Gasteiger partial charge in [-0.3, -0.25) is 4.79 Å². The molecule has 0 amide bonds. The Kier molecular flexibility index (Phi) is 9.04. The van der Waals surface area contributed by atoms with E-state index in [1.165, 1.54) is 28.8 Å². The van der Waals surface area contributed by atoms with E-state index < -0.39 is 0 Å². The Morgan fingerprint density at radius 2 is 2.09 bits per heavy atom. The van der Waals surface area contributed by atoms with Crippen molar-refractivity contribution in [1.82, 2.24) is 0 Å². The summed E-state index contributed by atoms with van der Waals surface area (Å²) >= 11 is 11.1. The van der Waals surface area contributed by atoms with E-state index in [0.29, 0.717) is 10.2 Å². The third kappa shape index (κ3) is 7.10. The van der Waals surface area contributed by atoms with Crippen LogP contribution >= 0.6 is 63.0 Å². The molecule has 0 radical (unpaired) electrons. The lowest BCUT2D eigenvalue weighted by Crippen LogP contribution is -2.05. The molecule has 0 saturated carbocycles. The van der Waals surface area contributed by atoms with Gasteiger partial charge in [0.25, 0.3) is 0 Å². The van der Waals surface area contributed by atoms with Crippen molar-refractivity contribution < 1.29 is 4.79 Å². The molecule has 1 heterocycles. The largest absolute Gasteiger partial charge is 0.282 e. The second-order valence-electron chi connectivity index (χ2n) is 5.32. The first-order chi connectivity index (χ1) is 11.1. The third-order valence-corrected chi connectivity index (χ3v) is 9.63. The molecule has 6 heteroatoms. The fourth-order valence-electron chi connectivity index (χ4n) is 1.99. The predicted octanol–water partition coefficient (Wildman–Crippen LogP) is 6.26. The quantitative estimate of drug-likeness (QED) is 0.343. The van der Waals surface area contributed by atoms with Crippen LogP contribution in [0.15, 0.2) is 40.9 Å². The van der Waals surface area contributed by atoms with Crippen molar-refractivity contribution in [3.05, 3.63) is 46.5 Å². The summed E-state index contributed by atoms with van der Waals surface area (Å²) in [6.45, 7) is 5.45. The average Bonchev–Trinajstić information content (AvgIpc) is 3.00. The Morgan fingerprint density at radius 1 is 1.35 bits per heavy atom. The minimum Gasteiger partial charge on any atom is -0.282 e. The SMILES string of the molecule is C=C(C)C(=O)SCCCSCC1CSC(c2ccc(Br)cc2)S1. The van der Waals surface area contributed by atoms with E-state index in [9.17, 15) is 4.79 Å². The summed E-state index contributed by atoms with van der Waals surface area (Å²) in [5, 5.41) is 0.874. The molecule has 126 valence electrons. The van der Waals surface area contributed by atoms with Crippen molar-refractivity contribution in [2.75, 3.05) is 23.0 Å². The third-order valence-electron chi connectivity index (χ3n) is 3.21. The Labute approximate surface area is 164 Å². The van der Waals surface area contributed by atoms with Crippen LogP contribution in [0.25, 0.3) is 0 Å². The van der Waals surface area contributed by atoms with E-state index in [1.807, 2.05) is 11.8 Å². The highest BCUT2D eigenvalue weighted by atomic mass is 79.9. The monoisotopic (exact) mass is 448 g/mol. The summed E-state index contributed by atoms with van der Waals surface area (Å²) in [5.74, 6) is 4.50. The first-order valence-electron chi connectivity index (χ1n) is 7.49. The molecule has 1 aromatic carbocycles. The number of carbonyl (C=O) groups excluding carboxylic acids is 1. The Hall–Kier alpha value is 0.510. The number of benzene rings is 1. The van der Waals surface area contributed by atoms with Crippen LogP contribution in [0.2, 0.25) is 0 Å². The van der Waals surface area contributed by atoms with Gasteiger partial charge in [-0.25, -0.2) is 0 Å². The van der Waals surface area contributed by atoms with Gasteiger partial charge in [-0.1, -0.05) is 46.4 Å². The zero-order valence-electron chi connectivity index (χ0n) is 13.1. The van der Waals surface area contributed by atoms with Gasteiger partial charge in [0.15, 0.2) is 0 Å². The van der Waals surface area contributed by atoms with Crippen LogP contribution in [0.5, 0.6) is 0 Å². The molecule has 0 aromatic heterocycles. The van der Waals surface area contributed by atoms with Crippen LogP contribution in [-0.2, 0) is 4.79 Å². The highest BCUT2D eigenvalue weighted by Crippen LogP contribution is 2.50. The molecular weight excluding hydrogens is 428 g/mol. The average molecular weight is 450 g/mol. The standard InChI is InChI=1S/C17H21BrOS4/c1-12(2)16(19)21-9-3-8-20-10-15-11-22-17(23-15)13-4-6-14(18)7-5-13/h4-7,15,17H,1,3,8-11H2,2H3. The first kappa shape index (κ1) is 19.8. The Morgan fingerprint density at radius 3 is 2.78 bits per heavy atom. The van der Waals surface area contributed by atoms with Crippen LogP contribution in [0.1, 0.15) is 23.5 Å². The maximum atomic E-state index is 11.4. The van der Waals surface area contributed by atoms with E-state index >= 15 is 0 Å². The molecule has 1 fully saturated rings. The van der Waals surface area contributed by atoms with Gasteiger partial charge in [0.2, 0.25) is 5.12 Å². The molecule has 2 atom stereocenters. The smallest absolute Gasteiger partial charge is 0.214 e. The minimum atomic E-state index is 0.134. The predicted molar refractivity (Wildman–Crippen MR) is 115 cm³/mol. The number of hydrogen-bond acceptors (Lipinski definition) is 5. The van der Waals surface area contributed by atoms with E-state index in [4.69, 9.17) is 0 Å². The topological polar surface area (TPSA) is 17.1 Å². The lowest BCUT2D eigenvalue weighted by Gasteiger charge is -2.10. The Bertz CT molecular complexity index is 532. The maximum absolute atomic E-state index is 11.4. The fraction of sp³-hybridized carbons (Fsp3) is 0.471. The van der Waals surface area contributed by atoms with Gasteiger partial charge in [0.1, 0.15) is 0 Å². The van der Waals surface area contributed by atoms with Gasteiger partial charge in [0, 0.05) is 27.0 Å². The molecule has 0 bridgehead atoms. The molecule has 0 N–H and O–H groups in total. The molecule has 1 aromatic rings. The van der Waals surface area contributed by atoms with Gasteiger partial charge in [-0.05, 0) is 42.4 Å². The van der Waals surface area contributed by atoms with Crippen molar-refractivity contribution >= 4 is 68.1 Å². The van der Waals surface area contributed by atoms with E-state index in [1.54, 1.807) is 6.92 Å². The molecular formula is C17H21BrOS4. The molecule has 2 rings (SSSR count). The van der Waals surface area contributed by atoms with Crippen molar-refractivity contribution in [2.24, 2.45) is 0 Å². The lowest BCUT2D eigenvalue weighted by atomic mass is 10.2. The Balaban J connectivity index is 1.58. The molecule has 1 nitrogen and oxygen atoms in total. The molecule has 0 spiro atoms. The molecule has 23 heavy (non-hydrogen) atoms. The maximum Gasteiger partial charge on any atom is 0.214 e. The van der Waals surface area contributed by atoms with Gasteiger partial charge >= 0.3 is 0 Å². The van der Waals surface area contributed by atoms with E-state index in [-0.39, 0.29) is 5.12 Å². The number of thioether (sulfide) groups is 4. The second kappa shape index (κ2) is 10.5. The van der Waals surface area contributed by atoms with Gasteiger partial charge in [0.05, 0.1) is 4.58 Å². The van der Waals surface area contributed by atoms with Crippen molar-refractivity contribution in [3.63, 3.8) is 0 Å². The number of carbonyl (C=O) groups is 1. The van der Waals surface area contributed by atoms with Crippen molar-refractivity contribution in [1.29, 1.82) is 0 Å². The highest BCUT2D eigenvalue weighted by molar-refractivity contribution is 9.10. The summed E-state index contributed by atoms with van der Waals surface area (Å²) in [7, 11) is 0. The van der Waals surface area contributed by atoms with Crippen LogP contribution in [-0.4, -0.2) is 33.4 Å².